The fraction of sp³-hybridized carbons (Fsp3) is 0.200. The molecule has 0 unspecified atom stereocenters. The van der Waals surface area contributed by atoms with E-state index in [1.165, 1.54) is 12.1 Å². The lowest BCUT2D eigenvalue weighted by Crippen LogP contribution is -2.11. The predicted octanol–water partition coefficient (Wildman–Crippen LogP) is 2.75. The van der Waals surface area contributed by atoms with Gasteiger partial charge in [0.05, 0.1) is 11.8 Å². The summed E-state index contributed by atoms with van der Waals surface area (Å²) in [6.07, 6.45) is -0.219. The molecule has 0 saturated heterocycles. The molecule has 0 saturated carbocycles. The summed E-state index contributed by atoms with van der Waals surface area (Å²) in [6.45, 7) is 1.60. The SMILES string of the molecule is Cc1c(F)ccc(NC(=O)CC#N)c1Br. The number of nitrogens with zero attached hydrogens (tertiary/aromatic N) is 1. The molecule has 0 bridgehead atoms. The molecule has 0 aliphatic heterocycles. The number of anilines is 1. The summed E-state index contributed by atoms with van der Waals surface area (Å²) >= 11 is 3.17. The van der Waals surface area contributed by atoms with Crippen molar-refractivity contribution in [3.8, 4) is 6.07 Å². The highest BCUT2D eigenvalue weighted by Gasteiger charge is 2.09. The average Bonchev–Trinajstić information content (AvgIpc) is 2.20. The minimum Gasteiger partial charge on any atom is -0.324 e. The van der Waals surface area contributed by atoms with Crippen molar-refractivity contribution < 1.29 is 9.18 Å². The van der Waals surface area contributed by atoms with Crippen molar-refractivity contribution >= 4 is 27.5 Å². The third-order valence-electron chi connectivity index (χ3n) is 1.83. The molecule has 5 heteroatoms. The Bertz CT molecular complexity index is 440. The summed E-state index contributed by atoms with van der Waals surface area (Å²) in [7, 11) is 0. The van der Waals surface area contributed by atoms with Crippen LogP contribution in [0.15, 0.2) is 16.6 Å². The molecule has 0 aliphatic rings. The maximum atomic E-state index is 13.0. The zero-order valence-corrected chi connectivity index (χ0v) is 9.56. The van der Waals surface area contributed by atoms with Gasteiger partial charge in [-0.3, -0.25) is 4.79 Å². The molecule has 0 fully saturated rings. The van der Waals surface area contributed by atoms with Crippen LogP contribution in [0.4, 0.5) is 10.1 Å². The molecule has 1 aromatic carbocycles. The van der Waals surface area contributed by atoms with E-state index < -0.39 is 5.91 Å². The first-order valence-electron chi connectivity index (χ1n) is 4.17. The van der Waals surface area contributed by atoms with Crippen molar-refractivity contribution in [2.45, 2.75) is 13.3 Å². The van der Waals surface area contributed by atoms with Crippen LogP contribution in [0.25, 0.3) is 0 Å². The van der Waals surface area contributed by atoms with Gasteiger partial charge in [0.1, 0.15) is 12.2 Å². The highest BCUT2D eigenvalue weighted by atomic mass is 79.9. The van der Waals surface area contributed by atoms with Crippen LogP contribution in [0, 0.1) is 24.1 Å². The second kappa shape index (κ2) is 4.89. The molecule has 1 N–H and O–H groups in total. The van der Waals surface area contributed by atoms with Gasteiger partial charge in [-0.25, -0.2) is 4.39 Å². The Morgan fingerprint density at radius 3 is 2.93 bits per heavy atom. The van der Waals surface area contributed by atoms with Crippen LogP contribution < -0.4 is 5.32 Å². The molecule has 1 rings (SSSR count). The highest BCUT2D eigenvalue weighted by Crippen LogP contribution is 2.27. The van der Waals surface area contributed by atoms with Crippen molar-refractivity contribution in [3.63, 3.8) is 0 Å². The average molecular weight is 271 g/mol. The normalized spacial score (nSPS) is 9.47. The molecule has 0 aliphatic carbocycles. The first-order chi connectivity index (χ1) is 7.06. The van der Waals surface area contributed by atoms with Gasteiger partial charge in [0.2, 0.25) is 5.91 Å². The second-order valence-electron chi connectivity index (χ2n) is 2.92. The Hall–Kier alpha value is -1.41. The number of nitrogens with one attached hydrogen (secondary N) is 1. The lowest BCUT2D eigenvalue weighted by molar-refractivity contribution is -0.115. The van der Waals surface area contributed by atoms with Gasteiger partial charge in [-0.2, -0.15) is 5.26 Å². The maximum Gasteiger partial charge on any atom is 0.238 e. The number of halogens is 2. The summed E-state index contributed by atoms with van der Waals surface area (Å²) in [5.74, 6) is -0.760. The minimum absolute atomic E-state index is 0.219. The van der Waals surface area contributed by atoms with Crippen molar-refractivity contribution in [1.29, 1.82) is 5.26 Å². The number of benzene rings is 1. The van der Waals surface area contributed by atoms with Gasteiger partial charge >= 0.3 is 0 Å². The molecule has 0 aromatic heterocycles. The number of carbonyl (C=O) groups is 1. The van der Waals surface area contributed by atoms with Crippen molar-refractivity contribution in [1.82, 2.24) is 0 Å². The van der Waals surface area contributed by atoms with Gasteiger partial charge in [0, 0.05) is 10.0 Å². The summed E-state index contributed by atoms with van der Waals surface area (Å²) in [4.78, 5) is 11.1. The van der Waals surface area contributed by atoms with E-state index in [9.17, 15) is 9.18 Å². The standard InChI is InChI=1S/C10H8BrFN2O/c1-6-7(12)2-3-8(10(6)11)14-9(15)4-5-13/h2-3H,4H2,1H3,(H,14,15). The molecule has 0 radical (unpaired) electrons. The Labute approximate surface area is 95.0 Å². The number of rotatable bonds is 2. The van der Waals surface area contributed by atoms with Crippen LogP contribution in [0.5, 0.6) is 0 Å². The van der Waals surface area contributed by atoms with E-state index in [2.05, 4.69) is 21.2 Å². The number of hydrogen-bond acceptors (Lipinski definition) is 2. The quantitative estimate of drug-likeness (QED) is 0.899. The number of hydrogen-bond donors (Lipinski definition) is 1. The zero-order valence-electron chi connectivity index (χ0n) is 7.97. The predicted molar refractivity (Wildman–Crippen MR) is 57.7 cm³/mol. The first-order valence-corrected chi connectivity index (χ1v) is 4.97. The Morgan fingerprint density at radius 1 is 1.67 bits per heavy atom. The minimum atomic E-state index is -0.413. The topological polar surface area (TPSA) is 52.9 Å². The van der Waals surface area contributed by atoms with Crippen molar-refractivity contribution in [3.05, 3.63) is 28.0 Å². The van der Waals surface area contributed by atoms with Crippen LogP contribution in [0.3, 0.4) is 0 Å². The number of nitriles is 1. The van der Waals surface area contributed by atoms with Crippen LogP contribution in [-0.2, 0) is 4.79 Å². The molecule has 15 heavy (non-hydrogen) atoms. The van der Waals surface area contributed by atoms with E-state index in [-0.39, 0.29) is 12.2 Å². The molecule has 0 spiro atoms. The second-order valence-corrected chi connectivity index (χ2v) is 3.71. The molecular formula is C10H8BrFN2O. The third-order valence-corrected chi connectivity index (χ3v) is 2.86. The van der Waals surface area contributed by atoms with Crippen LogP contribution in [-0.4, -0.2) is 5.91 Å². The molecule has 0 heterocycles. The summed E-state index contributed by atoms with van der Waals surface area (Å²) < 4.78 is 13.5. The smallest absolute Gasteiger partial charge is 0.238 e. The van der Waals surface area contributed by atoms with E-state index in [0.717, 1.165) is 0 Å². The van der Waals surface area contributed by atoms with Crippen LogP contribution >= 0.6 is 15.9 Å². The Kier molecular flexibility index (Phi) is 3.81. The first kappa shape index (κ1) is 11.7. The lowest BCUT2D eigenvalue weighted by Gasteiger charge is -2.08. The van der Waals surface area contributed by atoms with Gasteiger partial charge in [-0.1, -0.05) is 0 Å². The fourth-order valence-electron chi connectivity index (χ4n) is 1.02. The molecule has 3 nitrogen and oxygen atoms in total. The van der Waals surface area contributed by atoms with Gasteiger partial charge in [-0.05, 0) is 35.0 Å². The third kappa shape index (κ3) is 2.77. The Balaban J connectivity index is 2.93. The molecule has 1 aromatic rings. The van der Waals surface area contributed by atoms with E-state index in [1.807, 2.05) is 0 Å². The van der Waals surface area contributed by atoms with Gasteiger partial charge in [0.15, 0.2) is 0 Å². The fourth-order valence-corrected chi connectivity index (χ4v) is 1.44. The van der Waals surface area contributed by atoms with E-state index in [1.54, 1.807) is 13.0 Å². The van der Waals surface area contributed by atoms with E-state index in [0.29, 0.717) is 15.7 Å². The number of amides is 1. The summed E-state index contributed by atoms with van der Waals surface area (Å²) in [5.41, 5.74) is 0.888. The van der Waals surface area contributed by atoms with Crippen LogP contribution in [0.2, 0.25) is 0 Å². The number of carbonyl (C=O) groups excluding carboxylic acids is 1. The largest absolute Gasteiger partial charge is 0.324 e. The highest BCUT2D eigenvalue weighted by molar-refractivity contribution is 9.10. The molecule has 78 valence electrons. The lowest BCUT2D eigenvalue weighted by atomic mass is 10.2. The van der Waals surface area contributed by atoms with Gasteiger partial charge in [-0.15, -0.1) is 0 Å². The summed E-state index contributed by atoms with van der Waals surface area (Å²) in [5, 5.41) is 10.8. The molecule has 1 amide bonds. The van der Waals surface area contributed by atoms with E-state index in [4.69, 9.17) is 5.26 Å². The van der Waals surface area contributed by atoms with Crippen LogP contribution in [0.1, 0.15) is 12.0 Å². The zero-order chi connectivity index (χ0) is 11.4. The van der Waals surface area contributed by atoms with Crippen molar-refractivity contribution in [2.24, 2.45) is 0 Å². The van der Waals surface area contributed by atoms with E-state index >= 15 is 0 Å². The molecular weight excluding hydrogens is 263 g/mol. The maximum absolute atomic E-state index is 13.0. The summed E-state index contributed by atoms with van der Waals surface area (Å²) in [6, 6.07) is 4.44. The van der Waals surface area contributed by atoms with Crippen molar-refractivity contribution in [2.75, 3.05) is 5.32 Å². The Morgan fingerprint density at radius 2 is 2.33 bits per heavy atom. The van der Waals surface area contributed by atoms with Gasteiger partial charge < -0.3 is 5.32 Å². The molecule has 0 atom stereocenters. The monoisotopic (exact) mass is 270 g/mol. The van der Waals surface area contributed by atoms with Gasteiger partial charge in [0.25, 0.3) is 0 Å².